The summed E-state index contributed by atoms with van der Waals surface area (Å²) in [7, 11) is 1.69. The number of hydrogen-bond donors (Lipinski definition) is 3. The van der Waals surface area contributed by atoms with Crippen LogP contribution in [0.1, 0.15) is 36.5 Å². The van der Waals surface area contributed by atoms with Crippen molar-refractivity contribution in [2.45, 2.75) is 46.1 Å². The number of likely N-dealkylation sites (N-methyl/N-ethyl adjacent to an activating group) is 1. The number of nitrogens with zero attached hydrogens (tertiary/aromatic N) is 2. The normalized spacial score (nSPS) is 16.2. The lowest BCUT2D eigenvalue weighted by atomic mass is 10.1. The summed E-state index contributed by atoms with van der Waals surface area (Å²) in [5.74, 6) is 0.981. The highest BCUT2D eigenvalue weighted by Crippen LogP contribution is 2.11. The molecule has 1 aliphatic heterocycles. The summed E-state index contributed by atoms with van der Waals surface area (Å²) < 4.78 is 0. The lowest BCUT2D eigenvalue weighted by molar-refractivity contribution is -0.122. The molecule has 1 aromatic carbocycles. The van der Waals surface area contributed by atoms with Crippen molar-refractivity contribution >= 4 is 11.9 Å². The number of piperidine rings is 1. The van der Waals surface area contributed by atoms with Crippen LogP contribution in [0.2, 0.25) is 0 Å². The van der Waals surface area contributed by atoms with E-state index in [1.54, 1.807) is 7.05 Å². The first kappa shape index (κ1) is 21.2. The van der Waals surface area contributed by atoms with Crippen LogP contribution in [-0.4, -0.2) is 62.6 Å². The van der Waals surface area contributed by atoms with Crippen LogP contribution in [0, 0.1) is 13.8 Å². The molecule has 0 unspecified atom stereocenters. The van der Waals surface area contributed by atoms with Crippen molar-refractivity contribution in [1.29, 1.82) is 0 Å². The number of aryl methyl sites for hydroxylation is 2. The first-order valence-electron chi connectivity index (χ1n) is 10.0. The van der Waals surface area contributed by atoms with Crippen LogP contribution in [-0.2, 0) is 11.2 Å². The molecule has 1 aromatic rings. The van der Waals surface area contributed by atoms with Crippen molar-refractivity contribution < 1.29 is 4.79 Å². The first-order chi connectivity index (χ1) is 13.0. The third-order valence-corrected chi connectivity index (χ3v) is 4.87. The van der Waals surface area contributed by atoms with E-state index >= 15 is 0 Å². The van der Waals surface area contributed by atoms with Crippen LogP contribution in [0.15, 0.2) is 23.2 Å². The molecule has 0 spiro atoms. The Morgan fingerprint density at radius 1 is 1.19 bits per heavy atom. The average molecular weight is 374 g/mol. The zero-order valence-corrected chi connectivity index (χ0v) is 17.3. The maximum Gasteiger partial charge on any atom is 0.233 e. The fraction of sp³-hybridized carbons (Fsp3) is 0.619. The largest absolute Gasteiger partial charge is 0.358 e. The van der Waals surface area contributed by atoms with Gasteiger partial charge in [0, 0.05) is 39.3 Å². The summed E-state index contributed by atoms with van der Waals surface area (Å²) in [5.41, 5.74) is 3.96. The molecule has 0 radical (unpaired) electrons. The molecular formula is C21H35N5O. The quantitative estimate of drug-likeness (QED) is 0.502. The van der Waals surface area contributed by atoms with E-state index < -0.39 is 0 Å². The monoisotopic (exact) mass is 373 g/mol. The molecule has 2 rings (SSSR count). The van der Waals surface area contributed by atoms with Gasteiger partial charge in [-0.2, -0.15) is 0 Å². The highest BCUT2D eigenvalue weighted by atomic mass is 16.1. The number of benzene rings is 1. The van der Waals surface area contributed by atoms with Gasteiger partial charge in [0.1, 0.15) is 0 Å². The molecule has 1 fully saturated rings. The summed E-state index contributed by atoms with van der Waals surface area (Å²) in [6.45, 7) is 10.4. The molecule has 0 aliphatic carbocycles. The third kappa shape index (κ3) is 7.59. The molecule has 3 N–H and O–H groups in total. The van der Waals surface area contributed by atoms with Gasteiger partial charge in [0.15, 0.2) is 5.96 Å². The second-order valence-corrected chi connectivity index (χ2v) is 7.37. The smallest absolute Gasteiger partial charge is 0.233 e. The standard InChI is InChI=1S/C21H35N5O/c1-5-23-21(24-9-6-18-13-16(2)12-17(3)14-18)25-19-7-10-26(11-8-19)15-20(27)22-4/h12-14,19H,5-11,15H2,1-4H3,(H,22,27)(H2,23,24,25). The van der Waals surface area contributed by atoms with Crippen LogP contribution in [0.3, 0.4) is 0 Å². The molecule has 150 valence electrons. The van der Waals surface area contributed by atoms with E-state index in [4.69, 9.17) is 4.99 Å². The van der Waals surface area contributed by atoms with Gasteiger partial charge in [0.05, 0.1) is 6.54 Å². The number of nitrogens with one attached hydrogen (secondary N) is 3. The molecular weight excluding hydrogens is 338 g/mol. The van der Waals surface area contributed by atoms with Crippen LogP contribution < -0.4 is 16.0 Å². The van der Waals surface area contributed by atoms with Crippen molar-refractivity contribution in [3.63, 3.8) is 0 Å². The first-order valence-corrected chi connectivity index (χ1v) is 10.0. The number of carbonyl (C=O) groups is 1. The van der Waals surface area contributed by atoms with Gasteiger partial charge in [-0.15, -0.1) is 0 Å². The Labute approximate surface area is 163 Å². The van der Waals surface area contributed by atoms with E-state index in [2.05, 4.69) is 59.8 Å². The third-order valence-electron chi connectivity index (χ3n) is 4.87. The fourth-order valence-corrected chi connectivity index (χ4v) is 3.54. The Kier molecular flexibility index (Phi) is 8.58. The molecule has 0 saturated carbocycles. The van der Waals surface area contributed by atoms with Crippen LogP contribution in [0.4, 0.5) is 0 Å². The van der Waals surface area contributed by atoms with Crippen molar-refractivity contribution in [3.05, 3.63) is 34.9 Å². The Bertz CT molecular complexity index is 615. The minimum absolute atomic E-state index is 0.0858. The highest BCUT2D eigenvalue weighted by Gasteiger charge is 2.21. The number of guanidine groups is 1. The zero-order chi connectivity index (χ0) is 19.6. The molecule has 6 heteroatoms. The Morgan fingerprint density at radius 2 is 1.85 bits per heavy atom. The van der Waals surface area contributed by atoms with Gasteiger partial charge in [0.25, 0.3) is 0 Å². The lowest BCUT2D eigenvalue weighted by Crippen LogP contribution is -2.50. The molecule has 0 atom stereocenters. The Morgan fingerprint density at radius 3 is 2.44 bits per heavy atom. The van der Waals surface area contributed by atoms with E-state index in [0.29, 0.717) is 12.6 Å². The maximum atomic E-state index is 11.5. The predicted octanol–water partition coefficient (Wildman–Crippen LogP) is 1.61. The molecule has 0 aromatic heterocycles. The average Bonchev–Trinajstić information content (AvgIpc) is 2.62. The molecule has 1 saturated heterocycles. The van der Waals surface area contributed by atoms with Crippen molar-refractivity contribution in [3.8, 4) is 0 Å². The lowest BCUT2D eigenvalue weighted by Gasteiger charge is -2.32. The molecule has 27 heavy (non-hydrogen) atoms. The molecule has 6 nitrogen and oxygen atoms in total. The van der Waals surface area contributed by atoms with E-state index in [1.807, 2.05) is 0 Å². The van der Waals surface area contributed by atoms with Gasteiger partial charge in [0.2, 0.25) is 5.91 Å². The van der Waals surface area contributed by atoms with E-state index in [9.17, 15) is 4.79 Å². The maximum absolute atomic E-state index is 11.5. The van der Waals surface area contributed by atoms with Gasteiger partial charge in [-0.1, -0.05) is 29.3 Å². The minimum Gasteiger partial charge on any atom is -0.358 e. The fourth-order valence-electron chi connectivity index (χ4n) is 3.54. The molecule has 1 heterocycles. The SMILES string of the molecule is CCNC(=NCCc1cc(C)cc(C)c1)NC1CCN(CC(=O)NC)CC1. The van der Waals surface area contributed by atoms with Crippen molar-refractivity contribution in [1.82, 2.24) is 20.9 Å². The van der Waals surface area contributed by atoms with Gasteiger partial charge < -0.3 is 16.0 Å². The topological polar surface area (TPSA) is 68.8 Å². The zero-order valence-electron chi connectivity index (χ0n) is 17.3. The number of carbonyl (C=O) groups excluding carboxylic acids is 1. The summed E-state index contributed by atoms with van der Waals surface area (Å²) >= 11 is 0. The Hall–Kier alpha value is -2.08. The van der Waals surface area contributed by atoms with Crippen LogP contribution >= 0.6 is 0 Å². The number of rotatable bonds is 7. The second kappa shape index (κ2) is 10.9. The summed E-state index contributed by atoms with van der Waals surface area (Å²) in [5, 5.41) is 9.61. The van der Waals surface area contributed by atoms with Gasteiger partial charge >= 0.3 is 0 Å². The Balaban J connectivity index is 1.82. The van der Waals surface area contributed by atoms with E-state index in [0.717, 1.165) is 51.4 Å². The van der Waals surface area contributed by atoms with E-state index in [1.165, 1.54) is 16.7 Å². The van der Waals surface area contributed by atoms with Crippen LogP contribution in [0.25, 0.3) is 0 Å². The number of amides is 1. The van der Waals surface area contributed by atoms with E-state index in [-0.39, 0.29) is 5.91 Å². The number of likely N-dealkylation sites (tertiary alicyclic amines) is 1. The molecule has 1 amide bonds. The summed E-state index contributed by atoms with van der Waals surface area (Å²) in [6, 6.07) is 7.09. The number of aliphatic imine (C=N–C) groups is 1. The predicted molar refractivity (Wildman–Crippen MR) is 112 cm³/mol. The number of hydrogen-bond acceptors (Lipinski definition) is 3. The summed E-state index contributed by atoms with van der Waals surface area (Å²) in [6.07, 6.45) is 3.00. The second-order valence-electron chi connectivity index (χ2n) is 7.37. The summed E-state index contributed by atoms with van der Waals surface area (Å²) in [4.78, 5) is 18.5. The molecule has 0 bridgehead atoms. The van der Waals surface area contributed by atoms with Gasteiger partial charge in [-0.05, 0) is 45.6 Å². The minimum atomic E-state index is 0.0858. The van der Waals surface area contributed by atoms with Crippen molar-refractivity contribution in [2.75, 3.05) is 39.8 Å². The van der Waals surface area contributed by atoms with Crippen molar-refractivity contribution in [2.24, 2.45) is 4.99 Å². The van der Waals surface area contributed by atoms with Gasteiger partial charge in [-0.3, -0.25) is 14.7 Å². The highest BCUT2D eigenvalue weighted by molar-refractivity contribution is 5.80. The molecule has 1 aliphatic rings. The van der Waals surface area contributed by atoms with Gasteiger partial charge in [-0.25, -0.2) is 0 Å². The van der Waals surface area contributed by atoms with Crippen LogP contribution in [0.5, 0.6) is 0 Å².